The highest BCUT2D eigenvalue weighted by molar-refractivity contribution is 7.16. The summed E-state index contributed by atoms with van der Waals surface area (Å²) >= 11 is 1.53. The molecule has 2 aromatic rings. The van der Waals surface area contributed by atoms with Gasteiger partial charge in [0.1, 0.15) is 11.1 Å². The number of nitriles is 1. The van der Waals surface area contributed by atoms with Gasteiger partial charge in [-0.3, -0.25) is 4.79 Å². The van der Waals surface area contributed by atoms with Crippen molar-refractivity contribution in [1.82, 2.24) is 0 Å². The number of nitrogens with one attached hydrogen (secondary N) is 1. The first-order valence-electron chi connectivity index (χ1n) is 10.5. The van der Waals surface area contributed by atoms with Crippen molar-refractivity contribution in [1.29, 1.82) is 5.26 Å². The van der Waals surface area contributed by atoms with Crippen LogP contribution in [-0.2, 0) is 17.6 Å². The average Bonchev–Trinajstić information content (AvgIpc) is 3.12. The predicted molar refractivity (Wildman–Crippen MR) is 121 cm³/mol. The Balaban J connectivity index is 1.65. The van der Waals surface area contributed by atoms with Crippen LogP contribution in [0.25, 0.3) is 6.08 Å². The van der Waals surface area contributed by atoms with E-state index < -0.39 is 0 Å². The minimum Gasteiger partial charge on any atom is -0.493 e. The summed E-state index contributed by atoms with van der Waals surface area (Å²) in [7, 11) is 1.61. The predicted octanol–water partition coefficient (Wildman–Crippen LogP) is 5.73. The van der Waals surface area contributed by atoms with Crippen molar-refractivity contribution in [3.8, 4) is 17.6 Å². The van der Waals surface area contributed by atoms with E-state index in [9.17, 15) is 10.1 Å². The van der Waals surface area contributed by atoms with E-state index in [1.165, 1.54) is 22.3 Å². The number of thiophene rings is 1. The number of fused-ring (bicyclic) bond motifs is 1. The number of methoxy groups -OCH3 is 1. The first-order valence-corrected chi connectivity index (χ1v) is 11.3. The van der Waals surface area contributed by atoms with Gasteiger partial charge >= 0.3 is 0 Å². The molecule has 1 N–H and O–H groups in total. The van der Waals surface area contributed by atoms with Crippen molar-refractivity contribution >= 4 is 28.3 Å². The average molecular weight is 425 g/mol. The minimum absolute atomic E-state index is 0.246. The number of anilines is 1. The highest BCUT2D eigenvalue weighted by atomic mass is 32.1. The summed E-state index contributed by atoms with van der Waals surface area (Å²) in [5.41, 5.74) is 2.59. The number of carbonyl (C=O) groups is 1. The molecule has 0 radical (unpaired) electrons. The molecule has 6 heteroatoms. The molecule has 158 valence electrons. The maximum atomic E-state index is 12.4. The molecule has 1 aromatic carbocycles. The molecule has 0 spiro atoms. The van der Waals surface area contributed by atoms with Gasteiger partial charge in [-0.15, -0.1) is 11.3 Å². The number of aryl methyl sites for hydroxylation is 1. The van der Waals surface area contributed by atoms with Gasteiger partial charge in [0.2, 0.25) is 5.91 Å². The van der Waals surface area contributed by atoms with E-state index in [1.807, 2.05) is 18.2 Å². The number of ether oxygens (including phenoxy) is 2. The maximum Gasteiger partial charge on any atom is 0.249 e. The lowest BCUT2D eigenvalue weighted by molar-refractivity contribution is -0.111. The zero-order chi connectivity index (χ0) is 21.3. The Hall–Kier alpha value is -2.78. The first kappa shape index (κ1) is 21.9. The van der Waals surface area contributed by atoms with Crippen LogP contribution < -0.4 is 14.8 Å². The molecule has 30 heavy (non-hydrogen) atoms. The molecule has 1 amide bonds. The van der Waals surface area contributed by atoms with Gasteiger partial charge in [-0.2, -0.15) is 5.26 Å². The van der Waals surface area contributed by atoms with Crippen LogP contribution in [0.5, 0.6) is 11.5 Å². The van der Waals surface area contributed by atoms with Gasteiger partial charge in [-0.1, -0.05) is 25.8 Å². The molecular weight excluding hydrogens is 396 g/mol. The molecule has 1 aliphatic carbocycles. The fourth-order valence-corrected chi connectivity index (χ4v) is 4.78. The quantitative estimate of drug-likeness (QED) is 0.412. The lowest BCUT2D eigenvalue weighted by Crippen LogP contribution is -2.08. The summed E-state index contributed by atoms with van der Waals surface area (Å²) < 4.78 is 11.2. The van der Waals surface area contributed by atoms with Crippen molar-refractivity contribution in [2.45, 2.75) is 51.9 Å². The zero-order valence-corrected chi connectivity index (χ0v) is 18.4. The second-order valence-electron chi connectivity index (χ2n) is 7.32. The molecule has 3 rings (SSSR count). The third-order valence-corrected chi connectivity index (χ3v) is 6.35. The molecule has 0 saturated carbocycles. The van der Waals surface area contributed by atoms with Crippen molar-refractivity contribution < 1.29 is 14.3 Å². The molecule has 0 saturated heterocycles. The smallest absolute Gasteiger partial charge is 0.249 e. The van der Waals surface area contributed by atoms with Gasteiger partial charge in [0, 0.05) is 11.0 Å². The molecule has 1 aromatic heterocycles. The van der Waals surface area contributed by atoms with Gasteiger partial charge in [-0.05, 0) is 61.4 Å². The number of hydrogen-bond acceptors (Lipinski definition) is 5. The van der Waals surface area contributed by atoms with E-state index in [4.69, 9.17) is 9.47 Å². The summed E-state index contributed by atoms with van der Waals surface area (Å²) in [6, 6.07) is 7.88. The number of carbonyl (C=O) groups excluding carboxylic acids is 1. The van der Waals surface area contributed by atoms with Crippen LogP contribution in [0.3, 0.4) is 0 Å². The van der Waals surface area contributed by atoms with E-state index in [-0.39, 0.29) is 5.91 Å². The highest BCUT2D eigenvalue weighted by Crippen LogP contribution is 2.37. The topological polar surface area (TPSA) is 71.3 Å². The molecule has 1 aliphatic rings. The largest absolute Gasteiger partial charge is 0.493 e. The Morgan fingerprint density at radius 1 is 1.27 bits per heavy atom. The maximum absolute atomic E-state index is 12.4. The Bertz CT molecular complexity index is 956. The van der Waals surface area contributed by atoms with Crippen LogP contribution in [0.4, 0.5) is 5.00 Å². The molecule has 5 nitrogen and oxygen atoms in total. The molecule has 0 bridgehead atoms. The third kappa shape index (κ3) is 5.43. The molecular formula is C24H28N2O3S. The number of unbranched alkanes of at least 4 members (excludes halogenated alkanes) is 2. The highest BCUT2D eigenvalue weighted by Gasteiger charge is 2.21. The van der Waals surface area contributed by atoms with Crippen molar-refractivity contribution in [2.24, 2.45) is 0 Å². The zero-order valence-electron chi connectivity index (χ0n) is 17.6. The summed E-state index contributed by atoms with van der Waals surface area (Å²) in [5.74, 6) is 1.11. The fourth-order valence-electron chi connectivity index (χ4n) is 3.54. The number of rotatable bonds is 9. The van der Waals surface area contributed by atoms with E-state index in [1.54, 1.807) is 13.2 Å². The summed E-state index contributed by atoms with van der Waals surface area (Å²) in [6.07, 6.45) is 10.7. The molecule has 0 fully saturated rings. The van der Waals surface area contributed by atoms with E-state index >= 15 is 0 Å². The standard InChI is InChI=1S/C24H28N2O3S/c1-3-4-7-14-29-20-12-10-17(15-21(20)28-2)11-13-23(27)26-24-19(16-25)18-8-5-6-9-22(18)30-24/h10-13,15H,3-9,14H2,1-2H3,(H,26,27). The van der Waals surface area contributed by atoms with E-state index in [0.717, 1.165) is 56.1 Å². The van der Waals surface area contributed by atoms with Gasteiger partial charge in [-0.25, -0.2) is 0 Å². The fraction of sp³-hybridized carbons (Fsp3) is 0.417. The molecule has 0 aliphatic heterocycles. The monoisotopic (exact) mass is 424 g/mol. The Kier molecular flexibility index (Phi) is 7.92. The van der Waals surface area contributed by atoms with Crippen LogP contribution in [0.15, 0.2) is 24.3 Å². The number of nitrogens with zero attached hydrogens (tertiary/aromatic N) is 1. The normalized spacial score (nSPS) is 13.0. The van der Waals surface area contributed by atoms with Crippen molar-refractivity contribution in [2.75, 3.05) is 19.0 Å². The minimum atomic E-state index is -0.246. The van der Waals surface area contributed by atoms with Gasteiger partial charge in [0.15, 0.2) is 11.5 Å². The summed E-state index contributed by atoms with van der Waals surface area (Å²) in [6.45, 7) is 2.82. The number of benzene rings is 1. The number of hydrogen-bond donors (Lipinski definition) is 1. The van der Waals surface area contributed by atoms with Crippen molar-refractivity contribution in [3.63, 3.8) is 0 Å². The third-order valence-electron chi connectivity index (χ3n) is 5.14. The van der Waals surface area contributed by atoms with E-state index in [0.29, 0.717) is 28.7 Å². The second kappa shape index (κ2) is 10.8. The van der Waals surface area contributed by atoms with Crippen molar-refractivity contribution in [3.05, 3.63) is 45.8 Å². The van der Waals surface area contributed by atoms with E-state index in [2.05, 4.69) is 18.3 Å². The second-order valence-corrected chi connectivity index (χ2v) is 8.42. The van der Waals surface area contributed by atoms with Crippen LogP contribution in [0, 0.1) is 11.3 Å². The first-order chi connectivity index (χ1) is 14.7. The molecule has 0 unspecified atom stereocenters. The summed E-state index contributed by atoms with van der Waals surface area (Å²) in [5, 5.41) is 13.1. The lowest BCUT2D eigenvalue weighted by Gasteiger charge is -2.11. The van der Waals surface area contributed by atoms with Crippen LogP contribution >= 0.6 is 11.3 Å². The Morgan fingerprint density at radius 2 is 2.10 bits per heavy atom. The lowest BCUT2D eigenvalue weighted by atomic mass is 9.96. The number of amides is 1. The summed E-state index contributed by atoms with van der Waals surface area (Å²) in [4.78, 5) is 13.7. The van der Waals surface area contributed by atoms with Gasteiger partial charge in [0.05, 0.1) is 19.3 Å². The Labute approximate surface area is 182 Å². The molecule has 0 atom stereocenters. The van der Waals surface area contributed by atoms with Gasteiger partial charge < -0.3 is 14.8 Å². The van der Waals surface area contributed by atoms with Crippen LogP contribution in [0.2, 0.25) is 0 Å². The van der Waals surface area contributed by atoms with Crippen LogP contribution in [0.1, 0.15) is 60.6 Å². The van der Waals surface area contributed by atoms with Gasteiger partial charge in [0.25, 0.3) is 0 Å². The SMILES string of the molecule is CCCCCOc1ccc(C=CC(=O)Nc2sc3c(c2C#N)CCCC3)cc1OC. The van der Waals surface area contributed by atoms with Crippen LogP contribution in [-0.4, -0.2) is 19.6 Å². The Morgan fingerprint density at radius 3 is 2.87 bits per heavy atom. The molecule has 1 heterocycles.